The molecule has 1 unspecified atom stereocenters. The van der Waals surface area contributed by atoms with Crippen LogP contribution in [0.15, 0.2) is 24.3 Å². The van der Waals surface area contributed by atoms with Crippen molar-refractivity contribution in [2.75, 3.05) is 19.5 Å². The van der Waals surface area contributed by atoms with Gasteiger partial charge in [0.25, 0.3) is 0 Å². The summed E-state index contributed by atoms with van der Waals surface area (Å²) in [5.41, 5.74) is 6.20. The van der Waals surface area contributed by atoms with E-state index in [0.29, 0.717) is 5.69 Å². The summed E-state index contributed by atoms with van der Waals surface area (Å²) in [6, 6.07) is 7.08. The van der Waals surface area contributed by atoms with E-state index >= 15 is 0 Å². The van der Waals surface area contributed by atoms with Crippen molar-refractivity contribution in [1.82, 2.24) is 0 Å². The summed E-state index contributed by atoms with van der Waals surface area (Å²) >= 11 is 0. The van der Waals surface area contributed by atoms with Gasteiger partial charge in [0.05, 0.1) is 18.4 Å². The van der Waals surface area contributed by atoms with E-state index in [0.717, 1.165) is 5.56 Å². The molecule has 0 radical (unpaired) electrons. The molecule has 110 valence electrons. The number of carbonyl (C=O) groups excluding carboxylic acids is 2. The first-order valence-electron chi connectivity index (χ1n) is 6.38. The van der Waals surface area contributed by atoms with E-state index in [9.17, 15) is 9.59 Å². The molecule has 0 aromatic heterocycles. The lowest BCUT2D eigenvalue weighted by atomic mass is 9.95. The Morgan fingerprint density at radius 3 is 2.55 bits per heavy atom. The SMILES string of the molecule is COC(=O)C(C)(C)COC(=O)C(C)c1cccc(N)c1. The van der Waals surface area contributed by atoms with Crippen molar-refractivity contribution in [2.24, 2.45) is 5.41 Å². The van der Waals surface area contributed by atoms with Crippen LogP contribution in [0.25, 0.3) is 0 Å². The first-order chi connectivity index (χ1) is 9.27. The van der Waals surface area contributed by atoms with Gasteiger partial charge in [-0.2, -0.15) is 0 Å². The highest BCUT2D eigenvalue weighted by Gasteiger charge is 2.31. The number of hydrogen-bond acceptors (Lipinski definition) is 5. The smallest absolute Gasteiger partial charge is 0.314 e. The van der Waals surface area contributed by atoms with E-state index in [1.165, 1.54) is 7.11 Å². The maximum Gasteiger partial charge on any atom is 0.314 e. The minimum Gasteiger partial charge on any atom is -0.469 e. The summed E-state index contributed by atoms with van der Waals surface area (Å²) in [5.74, 6) is -1.25. The van der Waals surface area contributed by atoms with Gasteiger partial charge in [0, 0.05) is 5.69 Å². The van der Waals surface area contributed by atoms with E-state index in [1.807, 2.05) is 6.07 Å². The standard InChI is InChI=1S/C15H21NO4/c1-10(11-6-5-7-12(16)8-11)13(17)20-9-15(2,3)14(18)19-4/h5-8,10H,9,16H2,1-4H3. The fourth-order valence-electron chi connectivity index (χ4n) is 1.68. The average molecular weight is 279 g/mol. The molecule has 0 heterocycles. The van der Waals surface area contributed by atoms with Gasteiger partial charge >= 0.3 is 11.9 Å². The molecule has 1 aromatic carbocycles. The van der Waals surface area contributed by atoms with Gasteiger partial charge < -0.3 is 15.2 Å². The van der Waals surface area contributed by atoms with E-state index in [4.69, 9.17) is 10.5 Å². The number of nitrogen functional groups attached to an aromatic ring is 1. The van der Waals surface area contributed by atoms with Gasteiger partial charge in [0.15, 0.2) is 0 Å². The third-order valence-corrected chi connectivity index (χ3v) is 3.08. The quantitative estimate of drug-likeness (QED) is 0.659. The number of ether oxygens (including phenoxy) is 2. The molecule has 0 bridgehead atoms. The van der Waals surface area contributed by atoms with Crippen molar-refractivity contribution in [3.8, 4) is 0 Å². The molecule has 0 spiro atoms. The zero-order chi connectivity index (χ0) is 15.3. The van der Waals surface area contributed by atoms with Crippen LogP contribution < -0.4 is 5.73 Å². The summed E-state index contributed by atoms with van der Waals surface area (Å²) in [5, 5.41) is 0. The minimum absolute atomic E-state index is 0.0227. The van der Waals surface area contributed by atoms with Gasteiger partial charge in [0.1, 0.15) is 6.61 Å². The first kappa shape index (κ1) is 16.0. The lowest BCUT2D eigenvalue weighted by Crippen LogP contribution is -2.32. The monoisotopic (exact) mass is 279 g/mol. The van der Waals surface area contributed by atoms with Crippen LogP contribution in [0, 0.1) is 5.41 Å². The van der Waals surface area contributed by atoms with Crippen LogP contribution in [0.5, 0.6) is 0 Å². The third kappa shape index (κ3) is 3.98. The summed E-state index contributed by atoms with van der Waals surface area (Å²) < 4.78 is 9.87. The highest BCUT2D eigenvalue weighted by Crippen LogP contribution is 2.22. The van der Waals surface area contributed by atoms with Crippen LogP contribution in [0.3, 0.4) is 0 Å². The number of rotatable bonds is 5. The fourth-order valence-corrected chi connectivity index (χ4v) is 1.68. The van der Waals surface area contributed by atoms with Gasteiger partial charge in [-0.3, -0.25) is 9.59 Å². The Bertz CT molecular complexity index is 496. The van der Waals surface area contributed by atoms with Gasteiger partial charge in [-0.25, -0.2) is 0 Å². The van der Waals surface area contributed by atoms with E-state index in [-0.39, 0.29) is 6.61 Å². The third-order valence-electron chi connectivity index (χ3n) is 3.08. The zero-order valence-corrected chi connectivity index (χ0v) is 12.3. The second kappa shape index (κ2) is 6.41. The normalized spacial score (nSPS) is 12.6. The van der Waals surface area contributed by atoms with Crippen molar-refractivity contribution < 1.29 is 19.1 Å². The Morgan fingerprint density at radius 1 is 1.35 bits per heavy atom. The van der Waals surface area contributed by atoms with Crippen molar-refractivity contribution in [2.45, 2.75) is 26.7 Å². The first-order valence-corrected chi connectivity index (χ1v) is 6.38. The predicted octanol–water partition coefficient (Wildman–Crippen LogP) is 2.11. The molecule has 1 rings (SSSR count). The van der Waals surface area contributed by atoms with E-state index < -0.39 is 23.3 Å². The largest absolute Gasteiger partial charge is 0.469 e. The molecule has 5 heteroatoms. The molecule has 0 aliphatic carbocycles. The molecule has 5 nitrogen and oxygen atoms in total. The molecule has 0 fully saturated rings. The molecule has 20 heavy (non-hydrogen) atoms. The Hall–Kier alpha value is -2.04. The lowest BCUT2D eigenvalue weighted by Gasteiger charge is -2.22. The van der Waals surface area contributed by atoms with Gasteiger partial charge in [-0.15, -0.1) is 0 Å². The lowest BCUT2D eigenvalue weighted by molar-refractivity contribution is -0.159. The number of methoxy groups -OCH3 is 1. The van der Waals surface area contributed by atoms with Gasteiger partial charge in [-0.1, -0.05) is 12.1 Å². The molecule has 0 aliphatic heterocycles. The number of anilines is 1. The van der Waals surface area contributed by atoms with Crippen LogP contribution in [-0.4, -0.2) is 25.7 Å². The van der Waals surface area contributed by atoms with Crippen molar-refractivity contribution in [3.63, 3.8) is 0 Å². The average Bonchev–Trinajstić information content (AvgIpc) is 2.43. The molecule has 1 atom stereocenters. The molecule has 0 amide bonds. The molecule has 0 saturated heterocycles. The van der Waals surface area contributed by atoms with Crippen LogP contribution in [0.1, 0.15) is 32.3 Å². The van der Waals surface area contributed by atoms with Gasteiger partial charge in [-0.05, 0) is 38.5 Å². The molecular weight excluding hydrogens is 258 g/mol. The van der Waals surface area contributed by atoms with Crippen LogP contribution >= 0.6 is 0 Å². The highest BCUT2D eigenvalue weighted by molar-refractivity contribution is 5.79. The number of esters is 2. The number of benzene rings is 1. The fraction of sp³-hybridized carbons (Fsp3) is 0.467. The second-order valence-corrected chi connectivity index (χ2v) is 5.37. The van der Waals surface area contributed by atoms with Crippen LogP contribution in [0.4, 0.5) is 5.69 Å². The molecule has 2 N–H and O–H groups in total. The molecular formula is C15H21NO4. The van der Waals surface area contributed by atoms with E-state index in [1.54, 1.807) is 39.0 Å². The topological polar surface area (TPSA) is 78.6 Å². The Kier molecular flexibility index (Phi) is 5.13. The summed E-state index contributed by atoms with van der Waals surface area (Å²) in [6.07, 6.45) is 0. The molecule has 0 aliphatic rings. The molecule has 0 saturated carbocycles. The summed E-state index contributed by atoms with van der Waals surface area (Å²) in [7, 11) is 1.31. The van der Waals surface area contributed by atoms with E-state index in [2.05, 4.69) is 4.74 Å². The Morgan fingerprint density at radius 2 is 2.00 bits per heavy atom. The van der Waals surface area contributed by atoms with Crippen LogP contribution in [0.2, 0.25) is 0 Å². The van der Waals surface area contributed by atoms with Crippen LogP contribution in [-0.2, 0) is 19.1 Å². The summed E-state index contributed by atoms with van der Waals surface area (Å²) in [4.78, 5) is 23.5. The number of nitrogens with two attached hydrogens (primary N) is 1. The molecule has 1 aromatic rings. The van der Waals surface area contributed by atoms with Crippen molar-refractivity contribution in [1.29, 1.82) is 0 Å². The Labute approximate surface area is 119 Å². The number of hydrogen-bond donors (Lipinski definition) is 1. The maximum atomic E-state index is 12.0. The predicted molar refractivity (Wildman–Crippen MR) is 76.0 cm³/mol. The second-order valence-electron chi connectivity index (χ2n) is 5.37. The zero-order valence-electron chi connectivity index (χ0n) is 12.3. The Balaban J connectivity index is 2.65. The van der Waals surface area contributed by atoms with Gasteiger partial charge in [0.2, 0.25) is 0 Å². The number of carbonyl (C=O) groups is 2. The minimum atomic E-state index is -0.861. The maximum absolute atomic E-state index is 12.0. The summed E-state index contributed by atoms with van der Waals surface area (Å²) in [6.45, 7) is 5.04. The highest BCUT2D eigenvalue weighted by atomic mass is 16.5. The van der Waals surface area contributed by atoms with Crippen molar-refractivity contribution in [3.05, 3.63) is 29.8 Å². The van der Waals surface area contributed by atoms with Crippen molar-refractivity contribution >= 4 is 17.6 Å².